The van der Waals surface area contributed by atoms with E-state index in [1.807, 2.05) is 6.07 Å². The fourth-order valence-corrected chi connectivity index (χ4v) is 1.66. The normalized spacial score (nSPS) is 10.1. The van der Waals surface area contributed by atoms with Crippen LogP contribution in [0.3, 0.4) is 0 Å². The molecule has 0 aliphatic rings. The summed E-state index contributed by atoms with van der Waals surface area (Å²) in [5.74, 6) is 1.47. The Balaban J connectivity index is 2.04. The zero-order valence-electron chi connectivity index (χ0n) is 9.72. The molecule has 0 saturated heterocycles. The number of anilines is 2. The van der Waals surface area contributed by atoms with Crippen molar-refractivity contribution in [1.82, 2.24) is 15.0 Å². The van der Waals surface area contributed by atoms with Crippen LogP contribution < -0.4 is 15.8 Å². The van der Waals surface area contributed by atoms with Crippen LogP contribution in [0.15, 0.2) is 29.0 Å². The van der Waals surface area contributed by atoms with Gasteiger partial charge in [0, 0.05) is 25.0 Å². The van der Waals surface area contributed by atoms with Crippen molar-refractivity contribution in [2.45, 2.75) is 6.54 Å². The summed E-state index contributed by atoms with van der Waals surface area (Å²) in [7, 11) is 1.58. The van der Waals surface area contributed by atoms with Gasteiger partial charge in [-0.1, -0.05) is 6.07 Å². The van der Waals surface area contributed by atoms with Crippen molar-refractivity contribution in [3.8, 4) is 5.88 Å². The smallest absolute Gasteiger partial charge is 0.221 e. The standard InChI is InChI=1S/C11H12BrN5O/c1-18-9-3-2-7(4-14-9)5-15-10-8(12)6-16-11(13)17-10/h2-4,6H,5H2,1H3,(H3,13,15,16,17). The average molecular weight is 310 g/mol. The van der Waals surface area contributed by atoms with Gasteiger partial charge in [0.1, 0.15) is 5.82 Å². The third-order valence-corrected chi connectivity index (χ3v) is 2.81. The van der Waals surface area contributed by atoms with E-state index in [1.165, 1.54) is 0 Å². The SMILES string of the molecule is COc1ccc(CNc2nc(N)ncc2Br)cn1. The molecule has 3 N–H and O–H groups in total. The van der Waals surface area contributed by atoms with Crippen LogP contribution in [0.5, 0.6) is 5.88 Å². The van der Waals surface area contributed by atoms with Gasteiger partial charge >= 0.3 is 0 Å². The van der Waals surface area contributed by atoms with Crippen molar-refractivity contribution in [1.29, 1.82) is 0 Å². The topological polar surface area (TPSA) is 86.0 Å². The van der Waals surface area contributed by atoms with Crippen LogP contribution in [0.2, 0.25) is 0 Å². The summed E-state index contributed by atoms with van der Waals surface area (Å²) in [6.45, 7) is 0.589. The minimum absolute atomic E-state index is 0.230. The number of methoxy groups -OCH3 is 1. The van der Waals surface area contributed by atoms with Gasteiger partial charge in [-0.05, 0) is 21.5 Å². The second kappa shape index (κ2) is 5.63. The van der Waals surface area contributed by atoms with Gasteiger partial charge in [0.2, 0.25) is 11.8 Å². The fraction of sp³-hybridized carbons (Fsp3) is 0.182. The molecular formula is C11H12BrN5O. The van der Waals surface area contributed by atoms with Gasteiger partial charge in [0.05, 0.1) is 11.6 Å². The highest BCUT2D eigenvalue weighted by Gasteiger charge is 2.03. The van der Waals surface area contributed by atoms with Crippen molar-refractivity contribution in [2.75, 3.05) is 18.2 Å². The summed E-state index contributed by atoms with van der Waals surface area (Å²) in [6, 6.07) is 3.73. The lowest BCUT2D eigenvalue weighted by Crippen LogP contribution is -2.05. The van der Waals surface area contributed by atoms with E-state index in [4.69, 9.17) is 10.5 Å². The van der Waals surface area contributed by atoms with Crippen molar-refractivity contribution >= 4 is 27.7 Å². The van der Waals surface area contributed by atoms with Crippen molar-refractivity contribution in [2.24, 2.45) is 0 Å². The van der Waals surface area contributed by atoms with Gasteiger partial charge in [0.25, 0.3) is 0 Å². The number of nitrogen functional groups attached to an aromatic ring is 1. The number of aromatic nitrogens is 3. The van der Waals surface area contributed by atoms with E-state index < -0.39 is 0 Å². The van der Waals surface area contributed by atoms with Crippen LogP contribution >= 0.6 is 15.9 Å². The second-order valence-electron chi connectivity index (χ2n) is 3.49. The zero-order valence-corrected chi connectivity index (χ0v) is 11.3. The summed E-state index contributed by atoms with van der Waals surface area (Å²) in [4.78, 5) is 12.1. The Kier molecular flexibility index (Phi) is 3.93. The molecule has 0 atom stereocenters. The van der Waals surface area contributed by atoms with Gasteiger partial charge in [0.15, 0.2) is 0 Å². The third kappa shape index (κ3) is 3.07. The van der Waals surface area contributed by atoms with Crippen molar-refractivity contribution < 1.29 is 4.74 Å². The molecule has 0 aliphatic heterocycles. The molecule has 0 radical (unpaired) electrons. The van der Waals surface area contributed by atoms with Gasteiger partial charge in [-0.3, -0.25) is 0 Å². The van der Waals surface area contributed by atoms with Crippen molar-refractivity contribution in [3.63, 3.8) is 0 Å². The molecule has 7 heteroatoms. The quantitative estimate of drug-likeness (QED) is 0.896. The molecule has 94 valence electrons. The van der Waals surface area contributed by atoms with E-state index in [0.717, 1.165) is 10.0 Å². The Hall–Kier alpha value is -1.89. The number of hydrogen-bond acceptors (Lipinski definition) is 6. The van der Waals surface area contributed by atoms with E-state index in [0.29, 0.717) is 18.2 Å². The lowest BCUT2D eigenvalue weighted by atomic mass is 10.3. The molecule has 0 spiro atoms. The monoisotopic (exact) mass is 309 g/mol. The Morgan fingerprint density at radius 3 is 2.83 bits per heavy atom. The van der Waals surface area contributed by atoms with E-state index in [9.17, 15) is 0 Å². The Morgan fingerprint density at radius 1 is 1.33 bits per heavy atom. The molecule has 0 saturated carbocycles. The zero-order chi connectivity index (χ0) is 13.0. The van der Waals surface area contributed by atoms with Crippen LogP contribution in [-0.4, -0.2) is 22.1 Å². The number of nitrogens with zero attached hydrogens (tertiary/aromatic N) is 3. The van der Waals surface area contributed by atoms with E-state index in [1.54, 1.807) is 25.6 Å². The predicted octanol–water partition coefficient (Wildman–Crippen LogP) is 1.84. The van der Waals surface area contributed by atoms with Crippen LogP contribution in [-0.2, 0) is 6.54 Å². The third-order valence-electron chi connectivity index (χ3n) is 2.23. The summed E-state index contributed by atoms with van der Waals surface area (Å²) in [6.07, 6.45) is 3.35. The van der Waals surface area contributed by atoms with Crippen LogP contribution in [0, 0.1) is 0 Å². The molecule has 6 nitrogen and oxygen atoms in total. The Labute approximate surface area is 113 Å². The first kappa shape index (κ1) is 12.6. The molecule has 0 fully saturated rings. The Bertz CT molecular complexity index is 531. The summed E-state index contributed by atoms with van der Waals surface area (Å²) in [5.41, 5.74) is 6.54. The maximum absolute atomic E-state index is 5.52. The molecule has 18 heavy (non-hydrogen) atoms. The molecule has 0 aromatic carbocycles. The summed E-state index contributed by atoms with van der Waals surface area (Å²) >= 11 is 3.35. The van der Waals surface area contributed by atoms with Crippen LogP contribution in [0.25, 0.3) is 0 Å². The summed E-state index contributed by atoms with van der Waals surface area (Å²) in [5, 5.41) is 3.15. The molecule has 2 heterocycles. The number of hydrogen-bond donors (Lipinski definition) is 2. The maximum atomic E-state index is 5.52. The van der Waals surface area contributed by atoms with Crippen LogP contribution in [0.1, 0.15) is 5.56 Å². The predicted molar refractivity (Wildman–Crippen MR) is 72.3 cm³/mol. The van der Waals surface area contributed by atoms with Gasteiger partial charge < -0.3 is 15.8 Å². The Morgan fingerprint density at radius 2 is 2.17 bits per heavy atom. The first-order chi connectivity index (χ1) is 8.69. The first-order valence-electron chi connectivity index (χ1n) is 5.20. The number of nitrogens with two attached hydrogens (primary N) is 1. The molecule has 0 aliphatic carbocycles. The number of nitrogens with one attached hydrogen (secondary N) is 1. The highest BCUT2D eigenvalue weighted by molar-refractivity contribution is 9.10. The van der Waals surface area contributed by atoms with E-state index in [2.05, 4.69) is 36.2 Å². The van der Waals surface area contributed by atoms with Gasteiger partial charge in [-0.15, -0.1) is 0 Å². The molecule has 2 aromatic heterocycles. The molecule has 2 rings (SSSR count). The van der Waals surface area contributed by atoms with E-state index in [-0.39, 0.29) is 5.95 Å². The maximum Gasteiger partial charge on any atom is 0.221 e. The van der Waals surface area contributed by atoms with Gasteiger partial charge in [-0.25, -0.2) is 9.97 Å². The number of ether oxygens (including phenoxy) is 1. The highest BCUT2D eigenvalue weighted by atomic mass is 79.9. The highest BCUT2D eigenvalue weighted by Crippen LogP contribution is 2.19. The number of halogens is 1. The first-order valence-corrected chi connectivity index (χ1v) is 5.99. The minimum Gasteiger partial charge on any atom is -0.481 e. The molecular weight excluding hydrogens is 298 g/mol. The minimum atomic E-state index is 0.230. The largest absolute Gasteiger partial charge is 0.481 e. The summed E-state index contributed by atoms with van der Waals surface area (Å²) < 4.78 is 5.75. The molecule has 0 amide bonds. The molecule has 0 bridgehead atoms. The van der Waals surface area contributed by atoms with Crippen molar-refractivity contribution in [3.05, 3.63) is 34.6 Å². The number of pyridine rings is 1. The van der Waals surface area contributed by atoms with E-state index >= 15 is 0 Å². The fourth-order valence-electron chi connectivity index (χ4n) is 1.33. The number of rotatable bonds is 4. The second-order valence-corrected chi connectivity index (χ2v) is 4.34. The van der Waals surface area contributed by atoms with Gasteiger partial charge in [-0.2, -0.15) is 4.98 Å². The molecule has 2 aromatic rings. The average Bonchev–Trinajstić information content (AvgIpc) is 2.40. The lowest BCUT2D eigenvalue weighted by Gasteiger charge is -2.08. The van der Waals surface area contributed by atoms with Crippen LogP contribution in [0.4, 0.5) is 11.8 Å². The molecule has 0 unspecified atom stereocenters. The lowest BCUT2D eigenvalue weighted by molar-refractivity contribution is 0.397.